The fourth-order valence-electron chi connectivity index (χ4n) is 5.09. The van der Waals surface area contributed by atoms with E-state index >= 15 is 4.39 Å². The number of benzene rings is 3. The minimum Gasteiger partial charge on any atom is -0.432 e. The molecule has 1 saturated carbocycles. The molecular weight excluding hydrogens is 452 g/mol. The second kappa shape index (κ2) is 11.6. The Bertz CT molecular complexity index is 1220. The van der Waals surface area contributed by atoms with Gasteiger partial charge < -0.3 is 4.74 Å². The first-order valence-corrected chi connectivity index (χ1v) is 12.4. The van der Waals surface area contributed by atoms with Crippen molar-refractivity contribution in [3.05, 3.63) is 76.9 Å². The highest BCUT2D eigenvalue weighted by molar-refractivity contribution is 5.85. The van der Waals surface area contributed by atoms with E-state index in [4.69, 9.17) is 0 Å². The Morgan fingerprint density at radius 1 is 0.886 bits per heavy atom. The van der Waals surface area contributed by atoms with Gasteiger partial charge in [-0.25, -0.2) is 8.78 Å². The maximum Gasteiger partial charge on any atom is 0.387 e. The number of hydrogen-bond acceptors (Lipinski definition) is 1. The first kappa shape index (κ1) is 25.1. The summed E-state index contributed by atoms with van der Waals surface area (Å²) >= 11 is 0. The molecule has 4 rings (SSSR count). The third-order valence-corrected chi connectivity index (χ3v) is 7.01. The van der Waals surface area contributed by atoms with Gasteiger partial charge >= 0.3 is 6.61 Å². The average Bonchev–Trinajstić information content (AvgIpc) is 2.85. The van der Waals surface area contributed by atoms with Gasteiger partial charge in [0.05, 0.1) is 5.56 Å². The first-order valence-electron chi connectivity index (χ1n) is 12.4. The van der Waals surface area contributed by atoms with Crippen LogP contribution in [0.25, 0.3) is 10.8 Å². The third-order valence-electron chi connectivity index (χ3n) is 7.01. The van der Waals surface area contributed by atoms with E-state index in [0.29, 0.717) is 5.39 Å². The Morgan fingerprint density at radius 2 is 1.63 bits per heavy atom. The van der Waals surface area contributed by atoms with Crippen LogP contribution in [-0.4, -0.2) is 6.61 Å². The largest absolute Gasteiger partial charge is 0.432 e. The lowest BCUT2D eigenvalue weighted by molar-refractivity contribution is -0.0521. The molecule has 5 heteroatoms. The highest BCUT2D eigenvalue weighted by Crippen LogP contribution is 2.34. The van der Waals surface area contributed by atoms with Crippen molar-refractivity contribution >= 4 is 10.8 Å². The topological polar surface area (TPSA) is 9.23 Å². The van der Waals surface area contributed by atoms with Gasteiger partial charge in [-0.15, -0.1) is 0 Å². The van der Waals surface area contributed by atoms with E-state index in [1.54, 1.807) is 12.1 Å². The smallest absolute Gasteiger partial charge is 0.387 e. The Balaban J connectivity index is 1.42. The van der Waals surface area contributed by atoms with Crippen molar-refractivity contribution in [2.75, 3.05) is 0 Å². The van der Waals surface area contributed by atoms with E-state index < -0.39 is 24.0 Å². The van der Waals surface area contributed by atoms with E-state index in [1.165, 1.54) is 56.6 Å². The van der Waals surface area contributed by atoms with E-state index in [2.05, 4.69) is 29.6 Å². The molecule has 0 atom stereocenters. The van der Waals surface area contributed by atoms with Crippen LogP contribution >= 0.6 is 0 Å². The molecule has 1 aliphatic carbocycles. The molecule has 1 fully saturated rings. The van der Waals surface area contributed by atoms with Crippen LogP contribution in [0.5, 0.6) is 5.75 Å². The quantitative estimate of drug-likeness (QED) is 0.242. The minimum atomic E-state index is -3.11. The number of ether oxygens (including phenoxy) is 1. The summed E-state index contributed by atoms with van der Waals surface area (Å²) in [7, 11) is 0. The molecular formula is C30H30F4O. The molecule has 35 heavy (non-hydrogen) atoms. The normalized spacial score (nSPS) is 17.9. The monoisotopic (exact) mass is 482 g/mol. The van der Waals surface area contributed by atoms with Crippen molar-refractivity contribution in [2.24, 2.45) is 11.8 Å². The highest BCUT2D eigenvalue weighted by atomic mass is 19.3. The first-order chi connectivity index (χ1) is 16.9. The SMILES string of the molecule is CCCC1CCC(CCc2ccc3c(F)c(C#Cc4ccc(OC(F)F)c(F)c4)ccc3c2)CC1. The molecule has 0 aliphatic heterocycles. The van der Waals surface area contributed by atoms with Crippen LogP contribution < -0.4 is 4.74 Å². The fraction of sp³-hybridized carbons (Fsp3) is 0.400. The van der Waals surface area contributed by atoms with Crippen molar-refractivity contribution in [1.29, 1.82) is 0 Å². The standard InChI is InChI=1S/C30H30F4O/c1-2-3-20-4-6-21(7-5-20)8-9-22-11-16-26-25(18-22)15-14-24(29(26)32)13-10-23-12-17-28(27(31)19-23)35-30(33)34/h11-12,14-21,30H,2-9H2,1H3. The van der Waals surface area contributed by atoms with E-state index in [0.717, 1.165) is 35.8 Å². The molecule has 1 aliphatic rings. The van der Waals surface area contributed by atoms with Crippen molar-refractivity contribution in [3.63, 3.8) is 0 Å². The van der Waals surface area contributed by atoms with Crippen LogP contribution in [0.3, 0.4) is 0 Å². The molecule has 3 aromatic carbocycles. The summed E-state index contributed by atoms with van der Waals surface area (Å²) in [5, 5.41) is 1.32. The molecule has 0 bridgehead atoms. The van der Waals surface area contributed by atoms with Crippen LogP contribution in [0.1, 0.15) is 68.6 Å². The van der Waals surface area contributed by atoms with E-state index in [1.807, 2.05) is 12.1 Å². The third kappa shape index (κ3) is 6.57. The van der Waals surface area contributed by atoms with Gasteiger partial charge in [-0.1, -0.05) is 81.6 Å². The van der Waals surface area contributed by atoms with Crippen LogP contribution in [-0.2, 0) is 6.42 Å². The molecule has 0 spiro atoms. The second-order valence-corrected chi connectivity index (χ2v) is 9.47. The Kier molecular flexibility index (Phi) is 8.33. The van der Waals surface area contributed by atoms with Gasteiger partial charge in [0.2, 0.25) is 0 Å². The van der Waals surface area contributed by atoms with Gasteiger partial charge in [0, 0.05) is 10.9 Å². The number of alkyl halides is 2. The van der Waals surface area contributed by atoms with Crippen LogP contribution in [0.15, 0.2) is 48.5 Å². The van der Waals surface area contributed by atoms with Crippen molar-refractivity contribution in [1.82, 2.24) is 0 Å². The molecule has 0 N–H and O–H groups in total. The van der Waals surface area contributed by atoms with Gasteiger partial charge in [0.25, 0.3) is 0 Å². The second-order valence-electron chi connectivity index (χ2n) is 9.47. The Morgan fingerprint density at radius 3 is 2.31 bits per heavy atom. The lowest BCUT2D eigenvalue weighted by Gasteiger charge is -2.28. The van der Waals surface area contributed by atoms with Gasteiger partial charge in [0.1, 0.15) is 5.82 Å². The lowest BCUT2D eigenvalue weighted by atomic mass is 9.78. The van der Waals surface area contributed by atoms with Crippen LogP contribution in [0.4, 0.5) is 17.6 Å². The van der Waals surface area contributed by atoms with E-state index in [-0.39, 0.29) is 11.1 Å². The summed E-state index contributed by atoms with van der Waals surface area (Å²) in [4.78, 5) is 0. The molecule has 184 valence electrons. The summed E-state index contributed by atoms with van der Waals surface area (Å²) < 4.78 is 57.6. The molecule has 1 nitrogen and oxygen atoms in total. The number of aryl methyl sites for hydroxylation is 1. The highest BCUT2D eigenvalue weighted by Gasteiger charge is 2.20. The van der Waals surface area contributed by atoms with Gasteiger partial charge in [-0.3, -0.25) is 0 Å². The summed E-state index contributed by atoms with van der Waals surface area (Å²) in [5.74, 6) is 5.19. The van der Waals surface area contributed by atoms with Crippen molar-refractivity contribution < 1.29 is 22.3 Å². The number of halogens is 4. The number of fused-ring (bicyclic) bond motifs is 1. The summed E-state index contributed by atoms with van der Waals surface area (Å²) in [6.45, 7) is -0.847. The van der Waals surface area contributed by atoms with Gasteiger partial charge in [0.15, 0.2) is 11.6 Å². The van der Waals surface area contributed by atoms with Gasteiger partial charge in [-0.2, -0.15) is 8.78 Å². The molecule has 3 aromatic rings. The maximum atomic E-state index is 15.1. The lowest BCUT2D eigenvalue weighted by Crippen LogP contribution is -2.15. The zero-order chi connectivity index (χ0) is 24.8. The molecule has 0 aromatic heterocycles. The summed E-state index contributed by atoms with van der Waals surface area (Å²) in [6, 6.07) is 12.7. The molecule has 0 radical (unpaired) electrons. The maximum absolute atomic E-state index is 15.1. The molecule has 0 amide bonds. The van der Waals surface area contributed by atoms with E-state index in [9.17, 15) is 13.2 Å². The number of rotatable bonds is 7. The molecule has 0 heterocycles. The predicted octanol–water partition coefficient (Wildman–Crippen LogP) is 8.66. The van der Waals surface area contributed by atoms with Crippen molar-refractivity contribution in [3.8, 4) is 17.6 Å². The van der Waals surface area contributed by atoms with Crippen LogP contribution in [0.2, 0.25) is 0 Å². The summed E-state index contributed by atoms with van der Waals surface area (Å²) in [6.07, 6.45) is 10.2. The zero-order valence-corrected chi connectivity index (χ0v) is 19.9. The predicted molar refractivity (Wildman–Crippen MR) is 132 cm³/mol. The Labute approximate surface area is 204 Å². The average molecular weight is 483 g/mol. The van der Waals surface area contributed by atoms with Crippen molar-refractivity contribution in [2.45, 2.75) is 64.9 Å². The molecule has 0 saturated heterocycles. The molecule has 0 unspecified atom stereocenters. The fourth-order valence-corrected chi connectivity index (χ4v) is 5.09. The van der Waals surface area contributed by atoms with Gasteiger partial charge in [-0.05, 0) is 59.9 Å². The zero-order valence-electron chi connectivity index (χ0n) is 19.9. The summed E-state index contributed by atoms with van der Waals surface area (Å²) in [5.41, 5.74) is 1.65. The minimum absolute atomic E-state index is 0.197. The van der Waals surface area contributed by atoms with Crippen LogP contribution in [0, 0.1) is 35.3 Å². The Hall–Kier alpha value is -3.00. The number of hydrogen-bond donors (Lipinski definition) is 0.